The summed E-state index contributed by atoms with van der Waals surface area (Å²) < 4.78 is 5.39. The highest BCUT2D eigenvalue weighted by molar-refractivity contribution is 4.79. The summed E-state index contributed by atoms with van der Waals surface area (Å²) in [5.41, 5.74) is -0.652. The Balaban J connectivity index is 2.39. The summed E-state index contributed by atoms with van der Waals surface area (Å²) in [4.78, 5) is 0. The first-order valence-corrected chi connectivity index (χ1v) is 3.94. The Kier molecular flexibility index (Phi) is 2.32. The third-order valence-electron chi connectivity index (χ3n) is 1.97. The van der Waals surface area contributed by atoms with Crippen LogP contribution in [0.3, 0.4) is 0 Å². The normalized spacial score (nSPS) is 28.5. The predicted molar refractivity (Wildman–Crippen MR) is 39.9 cm³/mol. The van der Waals surface area contributed by atoms with E-state index in [2.05, 4.69) is 0 Å². The first-order valence-electron chi connectivity index (χ1n) is 3.94. The summed E-state index contributed by atoms with van der Waals surface area (Å²) in [6, 6.07) is 0. The molecule has 0 bridgehead atoms. The quantitative estimate of drug-likeness (QED) is 0.601. The molecule has 0 saturated carbocycles. The van der Waals surface area contributed by atoms with Gasteiger partial charge in [0.15, 0.2) is 0 Å². The van der Waals surface area contributed by atoms with E-state index in [9.17, 15) is 5.11 Å². The highest BCUT2D eigenvalue weighted by Gasteiger charge is 2.28. The molecule has 0 spiro atoms. The van der Waals surface area contributed by atoms with Gasteiger partial charge in [0.25, 0.3) is 0 Å². The Morgan fingerprint density at radius 2 is 2.10 bits per heavy atom. The smallest absolute Gasteiger partial charge is 0.0856 e. The summed E-state index contributed by atoms with van der Waals surface area (Å²) >= 11 is 0. The Morgan fingerprint density at radius 1 is 1.40 bits per heavy atom. The fourth-order valence-corrected chi connectivity index (χ4v) is 1.30. The van der Waals surface area contributed by atoms with Crippen molar-refractivity contribution in [3.63, 3.8) is 0 Å². The van der Waals surface area contributed by atoms with Crippen LogP contribution in [0.1, 0.15) is 33.1 Å². The van der Waals surface area contributed by atoms with Crippen molar-refractivity contribution < 1.29 is 9.84 Å². The SMILES string of the molecule is CC(C)(O)[C@@H]1CCCCO1. The van der Waals surface area contributed by atoms with Crippen molar-refractivity contribution in [2.24, 2.45) is 0 Å². The van der Waals surface area contributed by atoms with E-state index in [0.717, 1.165) is 19.4 Å². The molecule has 0 unspecified atom stereocenters. The van der Waals surface area contributed by atoms with Gasteiger partial charge in [-0.05, 0) is 33.1 Å². The molecular formula is C8H16O2. The molecule has 60 valence electrons. The lowest BCUT2D eigenvalue weighted by Gasteiger charge is -2.32. The second-order valence-electron chi connectivity index (χ2n) is 3.51. The molecule has 2 nitrogen and oxygen atoms in total. The monoisotopic (exact) mass is 144 g/mol. The van der Waals surface area contributed by atoms with Crippen LogP contribution in [0.5, 0.6) is 0 Å². The largest absolute Gasteiger partial charge is 0.388 e. The van der Waals surface area contributed by atoms with Crippen molar-refractivity contribution in [1.82, 2.24) is 0 Å². The minimum atomic E-state index is -0.652. The van der Waals surface area contributed by atoms with Gasteiger partial charge in [0.1, 0.15) is 0 Å². The molecule has 1 N–H and O–H groups in total. The molecule has 1 aliphatic rings. The summed E-state index contributed by atoms with van der Waals surface area (Å²) in [5, 5.41) is 9.52. The van der Waals surface area contributed by atoms with Crippen molar-refractivity contribution >= 4 is 0 Å². The lowest BCUT2D eigenvalue weighted by molar-refractivity contribution is -0.107. The van der Waals surface area contributed by atoms with Crippen molar-refractivity contribution in [2.45, 2.75) is 44.8 Å². The van der Waals surface area contributed by atoms with E-state index in [1.165, 1.54) is 6.42 Å². The maximum Gasteiger partial charge on any atom is 0.0856 e. The molecule has 1 fully saturated rings. The predicted octanol–water partition coefficient (Wildman–Crippen LogP) is 1.33. The van der Waals surface area contributed by atoms with Crippen LogP contribution in [0, 0.1) is 0 Å². The van der Waals surface area contributed by atoms with Crippen LogP contribution in [0.2, 0.25) is 0 Å². The van der Waals surface area contributed by atoms with Crippen LogP contribution in [-0.4, -0.2) is 23.4 Å². The van der Waals surface area contributed by atoms with Gasteiger partial charge in [-0.15, -0.1) is 0 Å². The van der Waals surface area contributed by atoms with Gasteiger partial charge in [-0.1, -0.05) is 0 Å². The lowest BCUT2D eigenvalue weighted by atomic mass is 9.95. The third-order valence-corrected chi connectivity index (χ3v) is 1.97. The maximum absolute atomic E-state index is 9.52. The summed E-state index contributed by atoms with van der Waals surface area (Å²) in [6.07, 6.45) is 3.39. The molecule has 1 saturated heterocycles. The lowest BCUT2D eigenvalue weighted by Crippen LogP contribution is -2.40. The molecule has 0 aliphatic carbocycles. The Hall–Kier alpha value is -0.0800. The standard InChI is InChI=1S/C8H16O2/c1-8(2,9)7-5-3-4-6-10-7/h7,9H,3-6H2,1-2H3/t7-/m0/s1. The molecule has 0 aromatic heterocycles. The zero-order valence-corrected chi connectivity index (χ0v) is 6.76. The molecule has 0 aromatic carbocycles. The highest BCUT2D eigenvalue weighted by atomic mass is 16.5. The van der Waals surface area contributed by atoms with E-state index in [0.29, 0.717) is 0 Å². The number of ether oxygens (including phenoxy) is 1. The van der Waals surface area contributed by atoms with Gasteiger partial charge in [0, 0.05) is 6.61 Å². The first kappa shape index (κ1) is 8.02. The van der Waals surface area contributed by atoms with Crippen molar-refractivity contribution in [3.05, 3.63) is 0 Å². The Labute approximate surface area is 62.2 Å². The molecule has 0 radical (unpaired) electrons. The Bertz CT molecular complexity index is 98.3. The molecule has 10 heavy (non-hydrogen) atoms. The summed E-state index contributed by atoms with van der Waals surface area (Å²) in [6.45, 7) is 4.43. The van der Waals surface area contributed by atoms with Crippen molar-refractivity contribution in [3.8, 4) is 0 Å². The van der Waals surface area contributed by atoms with Gasteiger partial charge in [0.2, 0.25) is 0 Å². The molecular weight excluding hydrogens is 128 g/mol. The van der Waals surface area contributed by atoms with Crippen LogP contribution in [0.4, 0.5) is 0 Å². The zero-order valence-electron chi connectivity index (χ0n) is 6.76. The maximum atomic E-state index is 9.52. The van der Waals surface area contributed by atoms with E-state index < -0.39 is 5.60 Å². The van der Waals surface area contributed by atoms with Gasteiger partial charge in [0.05, 0.1) is 11.7 Å². The van der Waals surface area contributed by atoms with Crippen LogP contribution in [-0.2, 0) is 4.74 Å². The van der Waals surface area contributed by atoms with Gasteiger partial charge in [-0.2, -0.15) is 0 Å². The molecule has 1 rings (SSSR count). The van der Waals surface area contributed by atoms with E-state index in [1.54, 1.807) is 0 Å². The second-order valence-corrected chi connectivity index (χ2v) is 3.51. The minimum Gasteiger partial charge on any atom is -0.388 e. The van der Waals surface area contributed by atoms with Gasteiger partial charge in [-0.3, -0.25) is 0 Å². The average Bonchev–Trinajstić information content (AvgIpc) is 1.88. The zero-order chi connectivity index (χ0) is 7.61. The van der Waals surface area contributed by atoms with E-state index in [4.69, 9.17) is 4.74 Å². The van der Waals surface area contributed by atoms with Crippen LogP contribution in [0.15, 0.2) is 0 Å². The number of hydrogen-bond acceptors (Lipinski definition) is 2. The third kappa shape index (κ3) is 1.96. The number of hydrogen-bond donors (Lipinski definition) is 1. The number of aliphatic hydroxyl groups is 1. The van der Waals surface area contributed by atoms with Crippen LogP contribution < -0.4 is 0 Å². The van der Waals surface area contributed by atoms with Crippen molar-refractivity contribution in [1.29, 1.82) is 0 Å². The molecule has 1 atom stereocenters. The van der Waals surface area contributed by atoms with E-state index >= 15 is 0 Å². The second kappa shape index (κ2) is 2.89. The average molecular weight is 144 g/mol. The fourth-order valence-electron chi connectivity index (χ4n) is 1.30. The number of rotatable bonds is 1. The van der Waals surface area contributed by atoms with Gasteiger partial charge < -0.3 is 9.84 Å². The summed E-state index contributed by atoms with van der Waals surface area (Å²) in [5.74, 6) is 0. The van der Waals surface area contributed by atoms with Crippen LogP contribution >= 0.6 is 0 Å². The molecule has 1 heterocycles. The highest BCUT2D eigenvalue weighted by Crippen LogP contribution is 2.22. The molecule has 1 aliphatic heterocycles. The topological polar surface area (TPSA) is 29.5 Å². The van der Waals surface area contributed by atoms with E-state index in [1.807, 2.05) is 13.8 Å². The van der Waals surface area contributed by atoms with Crippen LogP contribution in [0.25, 0.3) is 0 Å². The van der Waals surface area contributed by atoms with E-state index in [-0.39, 0.29) is 6.10 Å². The van der Waals surface area contributed by atoms with Gasteiger partial charge >= 0.3 is 0 Å². The molecule has 0 amide bonds. The fraction of sp³-hybridized carbons (Fsp3) is 1.00. The molecule has 0 aromatic rings. The van der Waals surface area contributed by atoms with Gasteiger partial charge in [-0.25, -0.2) is 0 Å². The minimum absolute atomic E-state index is 0.0567. The van der Waals surface area contributed by atoms with Crippen molar-refractivity contribution in [2.75, 3.05) is 6.61 Å². The first-order chi connectivity index (χ1) is 4.61. The molecule has 2 heteroatoms. The Morgan fingerprint density at radius 3 is 2.40 bits per heavy atom. The summed E-state index contributed by atoms with van der Waals surface area (Å²) in [7, 11) is 0.